The van der Waals surface area contributed by atoms with E-state index in [0.717, 1.165) is 22.9 Å². The number of aryl methyl sites for hydroxylation is 2. The molecule has 0 atom stereocenters. The van der Waals surface area contributed by atoms with Gasteiger partial charge in [-0.15, -0.1) is 0 Å². The van der Waals surface area contributed by atoms with E-state index in [1.54, 1.807) is 6.92 Å². The van der Waals surface area contributed by atoms with E-state index in [4.69, 9.17) is 16.3 Å². The number of hydrogen-bond donors (Lipinski definition) is 1. The van der Waals surface area contributed by atoms with Crippen LogP contribution in [0, 0.1) is 6.92 Å². The molecule has 0 radical (unpaired) electrons. The van der Waals surface area contributed by atoms with Crippen molar-refractivity contribution >= 4 is 34.4 Å². The summed E-state index contributed by atoms with van der Waals surface area (Å²) in [6.45, 7) is 6.67. The Morgan fingerprint density at radius 2 is 2.09 bits per heavy atom. The molecule has 0 fully saturated rings. The molecule has 0 spiro atoms. The average Bonchev–Trinajstić information content (AvgIpc) is 2.76. The zero-order valence-corrected chi connectivity index (χ0v) is 14.4. The van der Waals surface area contributed by atoms with Crippen molar-refractivity contribution in [3.63, 3.8) is 0 Å². The molecule has 0 saturated heterocycles. The van der Waals surface area contributed by atoms with Crippen LogP contribution in [0.25, 0.3) is 10.9 Å². The van der Waals surface area contributed by atoms with Gasteiger partial charge in [0.2, 0.25) is 5.91 Å². The maximum atomic E-state index is 12.3. The van der Waals surface area contributed by atoms with Gasteiger partial charge in [0.05, 0.1) is 6.61 Å². The van der Waals surface area contributed by atoms with Crippen molar-refractivity contribution in [1.82, 2.24) is 9.88 Å². The van der Waals surface area contributed by atoms with Gasteiger partial charge in [-0.1, -0.05) is 11.6 Å². The van der Waals surface area contributed by atoms with Gasteiger partial charge >= 0.3 is 5.97 Å². The van der Waals surface area contributed by atoms with E-state index in [1.807, 2.05) is 29.7 Å². The number of ether oxygens (including phenoxy) is 1. The third-order valence-corrected chi connectivity index (χ3v) is 3.91. The Bertz CT molecular complexity index is 737. The van der Waals surface area contributed by atoms with Gasteiger partial charge in [0.1, 0.15) is 5.69 Å². The fourth-order valence-electron chi connectivity index (χ4n) is 2.69. The first kappa shape index (κ1) is 17.3. The number of nitrogens with zero attached hydrogens (tertiary/aromatic N) is 1. The van der Waals surface area contributed by atoms with Crippen molar-refractivity contribution in [3.8, 4) is 0 Å². The molecule has 5 nitrogen and oxygen atoms in total. The molecule has 1 N–H and O–H groups in total. The van der Waals surface area contributed by atoms with Crippen LogP contribution in [0.5, 0.6) is 0 Å². The summed E-state index contributed by atoms with van der Waals surface area (Å²) >= 11 is 6.08. The van der Waals surface area contributed by atoms with E-state index in [9.17, 15) is 9.59 Å². The van der Waals surface area contributed by atoms with E-state index in [0.29, 0.717) is 30.4 Å². The quantitative estimate of drug-likeness (QED) is 0.650. The molecule has 1 aromatic heterocycles. The van der Waals surface area contributed by atoms with E-state index in [1.165, 1.54) is 6.92 Å². The smallest absolute Gasteiger partial charge is 0.355 e. The number of esters is 1. The van der Waals surface area contributed by atoms with Crippen molar-refractivity contribution in [2.75, 3.05) is 13.2 Å². The summed E-state index contributed by atoms with van der Waals surface area (Å²) in [5, 5.41) is 4.34. The molecule has 0 bridgehead atoms. The first-order valence-corrected chi connectivity index (χ1v) is 8.03. The third kappa shape index (κ3) is 3.85. The van der Waals surface area contributed by atoms with Gasteiger partial charge in [0.25, 0.3) is 0 Å². The van der Waals surface area contributed by atoms with Crippen molar-refractivity contribution in [1.29, 1.82) is 0 Å². The second-order valence-electron chi connectivity index (χ2n) is 5.34. The summed E-state index contributed by atoms with van der Waals surface area (Å²) in [5.41, 5.74) is 2.35. The van der Waals surface area contributed by atoms with Gasteiger partial charge < -0.3 is 14.6 Å². The highest BCUT2D eigenvalue weighted by atomic mass is 35.5. The van der Waals surface area contributed by atoms with Gasteiger partial charge in [0, 0.05) is 35.9 Å². The standard InChI is InChI=1S/C17H21ClN2O3/c1-4-23-17(22)16-11(2)14-10-13(18)6-7-15(14)20(16)9-5-8-19-12(3)21/h6-7,10H,4-5,8-9H2,1-3H3,(H,19,21). The highest BCUT2D eigenvalue weighted by molar-refractivity contribution is 6.31. The van der Waals surface area contributed by atoms with Gasteiger partial charge in [-0.05, 0) is 44.0 Å². The van der Waals surface area contributed by atoms with Crippen LogP contribution in [0.15, 0.2) is 18.2 Å². The summed E-state index contributed by atoms with van der Waals surface area (Å²) in [4.78, 5) is 23.3. The minimum absolute atomic E-state index is 0.0593. The number of benzene rings is 1. The molecule has 0 unspecified atom stereocenters. The Morgan fingerprint density at radius 1 is 1.35 bits per heavy atom. The zero-order valence-electron chi connectivity index (χ0n) is 13.6. The molecule has 2 aromatic rings. The number of nitrogens with one attached hydrogen (secondary N) is 1. The summed E-state index contributed by atoms with van der Waals surface area (Å²) in [5.74, 6) is -0.396. The molecule has 124 valence electrons. The Morgan fingerprint density at radius 3 is 2.74 bits per heavy atom. The second-order valence-corrected chi connectivity index (χ2v) is 5.78. The predicted molar refractivity (Wildman–Crippen MR) is 90.9 cm³/mol. The normalized spacial score (nSPS) is 10.8. The lowest BCUT2D eigenvalue weighted by molar-refractivity contribution is -0.118. The number of aromatic nitrogens is 1. The van der Waals surface area contributed by atoms with E-state index < -0.39 is 0 Å². The van der Waals surface area contributed by atoms with Crippen LogP contribution in [0.2, 0.25) is 5.02 Å². The Balaban J connectivity index is 2.40. The van der Waals surface area contributed by atoms with E-state index in [2.05, 4.69) is 5.32 Å². The highest BCUT2D eigenvalue weighted by Crippen LogP contribution is 2.29. The van der Waals surface area contributed by atoms with Crippen LogP contribution in [-0.4, -0.2) is 29.6 Å². The molecule has 6 heteroatoms. The maximum absolute atomic E-state index is 12.3. The lowest BCUT2D eigenvalue weighted by Gasteiger charge is -2.11. The van der Waals surface area contributed by atoms with Crippen molar-refractivity contribution in [2.45, 2.75) is 33.7 Å². The molecule has 0 aliphatic carbocycles. The topological polar surface area (TPSA) is 60.3 Å². The summed E-state index contributed by atoms with van der Waals surface area (Å²) in [6, 6.07) is 5.58. The predicted octanol–water partition coefficient (Wildman–Crippen LogP) is 3.31. The lowest BCUT2D eigenvalue weighted by atomic mass is 10.1. The Labute approximate surface area is 140 Å². The molecule has 0 saturated carbocycles. The van der Waals surface area contributed by atoms with Crippen LogP contribution in [0.1, 0.15) is 36.3 Å². The molecule has 23 heavy (non-hydrogen) atoms. The maximum Gasteiger partial charge on any atom is 0.355 e. The van der Waals surface area contributed by atoms with Gasteiger partial charge in [0.15, 0.2) is 0 Å². The largest absolute Gasteiger partial charge is 0.461 e. The first-order valence-electron chi connectivity index (χ1n) is 7.65. The molecule has 2 rings (SSSR count). The van der Waals surface area contributed by atoms with Crippen molar-refractivity contribution < 1.29 is 14.3 Å². The van der Waals surface area contributed by atoms with Gasteiger partial charge in [-0.2, -0.15) is 0 Å². The molecular formula is C17H21ClN2O3. The second kappa shape index (κ2) is 7.51. The SMILES string of the molecule is CCOC(=O)c1c(C)c2cc(Cl)ccc2n1CCCNC(C)=O. The van der Waals surface area contributed by atoms with Crippen LogP contribution in [0.3, 0.4) is 0 Å². The number of carbonyl (C=O) groups excluding carboxylic acids is 2. The van der Waals surface area contributed by atoms with Crippen LogP contribution in [-0.2, 0) is 16.1 Å². The molecule has 1 heterocycles. The zero-order chi connectivity index (χ0) is 17.0. The number of hydrogen-bond acceptors (Lipinski definition) is 3. The van der Waals surface area contributed by atoms with E-state index in [-0.39, 0.29) is 11.9 Å². The highest BCUT2D eigenvalue weighted by Gasteiger charge is 2.21. The number of fused-ring (bicyclic) bond motifs is 1. The van der Waals surface area contributed by atoms with E-state index >= 15 is 0 Å². The van der Waals surface area contributed by atoms with Crippen LogP contribution >= 0.6 is 11.6 Å². The molecule has 0 aliphatic rings. The summed E-state index contributed by atoms with van der Waals surface area (Å²) in [6.07, 6.45) is 0.720. The van der Waals surface area contributed by atoms with Gasteiger partial charge in [-0.25, -0.2) is 4.79 Å². The fourth-order valence-corrected chi connectivity index (χ4v) is 2.86. The number of halogens is 1. The fraction of sp³-hybridized carbons (Fsp3) is 0.412. The number of amides is 1. The monoisotopic (exact) mass is 336 g/mol. The minimum Gasteiger partial charge on any atom is -0.461 e. The van der Waals surface area contributed by atoms with Gasteiger partial charge in [-0.3, -0.25) is 4.79 Å². The van der Waals surface area contributed by atoms with Crippen molar-refractivity contribution in [3.05, 3.63) is 34.5 Å². The summed E-state index contributed by atoms with van der Waals surface area (Å²) in [7, 11) is 0. The lowest BCUT2D eigenvalue weighted by Crippen LogP contribution is -2.22. The summed E-state index contributed by atoms with van der Waals surface area (Å²) < 4.78 is 7.14. The first-order chi connectivity index (χ1) is 11.0. The Hall–Kier alpha value is -2.01. The average molecular weight is 337 g/mol. The molecule has 1 amide bonds. The third-order valence-electron chi connectivity index (χ3n) is 3.68. The molecule has 0 aliphatic heterocycles. The molecular weight excluding hydrogens is 316 g/mol. The van der Waals surface area contributed by atoms with Crippen LogP contribution in [0.4, 0.5) is 0 Å². The molecule has 1 aromatic carbocycles. The Kier molecular flexibility index (Phi) is 5.66. The van der Waals surface area contributed by atoms with Crippen LogP contribution < -0.4 is 5.32 Å². The van der Waals surface area contributed by atoms with Crippen molar-refractivity contribution in [2.24, 2.45) is 0 Å². The number of rotatable bonds is 6. The number of carbonyl (C=O) groups is 2. The minimum atomic E-state index is -0.336.